The maximum atomic E-state index is 13.1. The number of amides is 1. The molecule has 2 aromatic rings. The molecule has 0 aliphatic carbocycles. The number of benzene rings is 2. The minimum absolute atomic E-state index is 0.123. The lowest BCUT2D eigenvalue weighted by molar-refractivity contribution is -0.114. The molecule has 0 atom stereocenters. The van der Waals surface area contributed by atoms with Crippen LogP contribution in [0.1, 0.15) is 12.5 Å². The quantitative estimate of drug-likeness (QED) is 0.845. The van der Waals surface area contributed by atoms with E-state index in [2.05, 4.69) is 10.6 Å². The predicted octanol–water partition coefficient (Wildman–Crippen LogP) is 3.67. The Morgan fingerprint density at radius 1 is 1.05 bits per heavy atom. The third-order valence-corrected chi connectivity index (χ3v) is 2.72. The minimum Gasteiger partial charge on any atom is -0.381 e. The Morgan fingerprint density at radius 3 is 2.29 bits per heavy atom. The van der Waals surface area contributed by atoms with Crippen LogP contribution in [-0.2, 0) is 11.3 Å². The molecule has 0 radical (unpaired) electrons. The van der Waals surface area contributed by atoms with Gasteiger partial charge in [-0.25, -0.2) is 13.2 Å². The zero-order valence-electron chi connectivity index (χ0n) is 11.2. The van der Waals surface area contributed by atoms with Gasteiger partial charge in [0.2, 0.25) is 5.91 Å². The van der Waals surface area contributed by atoms with Gasteiger partial charge in [0.1, 0.15) is 0 Å². The highest BCUT2D eigenvalue weighted by Crippen LogP contribution is 2.18. The fourth-order valence-electron chi connectivity index (χ4n) is 1.82. The monoisotopic (exact) mass is 294 g/mol. The number of rotatable bonds is 4. The molecule has 6 heteroatoms. The summed E-state index contributed by atoms with van der Waals surface area (Å²) in [6.45, 7) is 1.52. The highest BCUT2D eigenvalue weighted by atomic mass is 19.2. The van der Waals surface area contributed by atoms with Gasteiger partial charge in [0.05, 0.1) is 0 Å². The Morgan fingerprint density at radius 2 is 1.67 bits per heavy atom. The lowest BCUT2D eigenvalue weighted by Gasteiger charge is -2.09. The van der Waals surface area contributed by atoms with Crippen molar-refractivity contribution in [1.29, 1.82) is 0 Å². The number of hydrogen-bond acceptors (Lipinski definition) is 2. The summed E-state index contributed by atoms with van der Waals surface area (Å²) in [6, 6.07) is 8.72. The van der Waals surface area contributed by atoms with Gasteiger partial charge in [-0.15, -0.1) is 0 Å². The standard InChI is InChI=1S/C15H13F3N2O/c1-9(21)20-12-4-2-3-11(7-12)19-8-10-5-13(16)15(18)14(17)6-10/h2-7,19H,8H2,1H3,(H,20,21). The zero-order valence-corrected chi connectivity index (χ0v) is 11.2. The molecule has 0 aliphatic rings. The summed E-state index contributed by atoms with van der Waals surface area (Å²) in [5.74, 6) is -4.13. The van der Waals surface area contributed by atoms with Gasteiger partial charge in [0.25, 0.3) is 0 Å². The van der Waals surface area contributed by atoms with Crippen LogP contribution in [0.2, 0.25) is 0 Å². The van der Waals surface area contributed by atoms with E-state index < -0.39 is 17.5 Å². The van der Waals surface area contributed by atoms with Crippen LogP contribution in [0, 0.1) is 17.5 Å². The lowest BCUT2D eigenvalue weighted by atomic mass is 10.2. The molecule has 1 amide bonds. The second-order valence-corrected chi connectivity index (χ2v) is 4.49. The molecule has 0 bridgehead atoms. The molecule has 0 aromatic heterocycles. The molecular formula is C15H13F3N2O. The van der Waals surface area contributed by atoms with Crippen molar-refractivity contribution in [2.45, 2.75) is 13.5 Å². The molecule has 0 saturated heterocycles. The molecule has 0 spiro atoms. The van der Waals surface area contributed by atoms with Gasteiger partial charge in [-0.3, -0.25) is 4.79 Å². The summed E-state index contributed by atoms with van der Waals surface area (Å²) in [5.41, 5.74) is 1.53. The average molecular weight is 294 g/mol. The minimum atomic E-state index is -1.48. The number of carbonyl (C=O) groups is 1. The van der Waals surface area contributed by atoms with Crippen LogP contribution in [0.3, 0.4) is 0 Å². The van der Waals surface area contributed by atoms with Crippen molar-refractivity contribution >= 4 is 17.3 Å². The van der Waals surface area contributed by atoms with Crippen molar-refractivity contribution in [2.24, 2.45) is 0 Å². The van der Waals surface area contributed by atoms with Crippen molar-refractivity contribution in [3.63, 3.8) is 0 Å². The summed E-state index contributed by atoms with van der Waals surface area (Å²) in [7, 11) is 0. The molecule has 0 saturated carbocycles. The Labute approximate surface area is 119 Å². The van der Waals surface area contributed by atoms with Crippen LogP contribution in [0.5, 0.6) is 0 Å². The second-order valence-electron chi connectivity index (χ2n) is 4.49. The molecule has 3 nitrogen and oxygen atoms in total. The number of nitrogens with one attached hydrogen (secondary N) is 2. The molecule has 0 aliphatic heterocycles. The smallest absolute Gasteiger partial charge is 0.221 e. The SMILES string of the molecule is CC(=O)Nc1cccc(NCc2cc(F)c(F)c(F)c2)c1. The van der Waals surface area contributed by atoms with Gasteiger partial charge in [0, 0.05) is 24.8 Å². The van der Waals surface area contributed by atoms with Crippen LogP contribution in [0.15, 0.2) is 36.4 Å². The van der Waals surface area contributed by atoms with Crippen LogP contribution in [-0.4, -0.2) is 5.91 Å². The topological polar surface area (TPSA) is 41.1 Å². The maximum absolute atomic E-state index is 13.1. The van der Waals surface area contributed by atoms with Gasteiger partial charge in [-0.1, -0.05) is 6.07 Å². The molecule has 2 N–H and O–H groups in total. The number of halogens is 3. The Kier molecular flexibility index (Phi) is 4.47. The highest BCUT2D eigenvalue weighted by molar-refractivity contribution is 5.89. The van der Waals surface area contributed by atoms with Crippen molar-refractivity contribution in [3.05, 3.63) is 59.4 Å². The Balaban J connectivity index is 2.08. The molecule has 110 valence electrons. The molecule has 0 unspecified atom stereocenters. The van der Waals surface area contributed by atoms with E-state index in [0.717, 1.165) is 12.1 Å². The summed E-state index contributed by atoms with van der Waals surface area (Å²) < 4.78 is 39.0. The first-order valence-corrected chi connectivity index (χ1v) is 6.20. The first-order chi connectivity index (χ1) is 9.95. The van der Waals surface area contributed by atoms with E-state index >= 15 is 0 Å². The third-order valence-electron chi connectivity index (χ3n) is 2.72. The molecule has 2 aromatic carbocycles. The highest BCUT2D eigenvalue weighted by Gasteiger charge is 2.10. The zero-order chi connectivity index (χ0) is 15.4. The van der Waals surface area contributed by atoms with Gasteiger partial charge < -0.3 is 10.6 Å². The average Bonchev–Trinajstić information content (AvgIpc) is 2.42. The van der Waals surface area contributed by atoms with E-state index in [4.69, 9.17) is 0 Å². The van der Waals surface area contributed by atoms with Gasteiger partial charge >= 0.3 is 0 Å². The van der Waals surface area contributed by atoms with Gasteiger partial charge in [0.15, 0.2) is 17.5 Å². The molecule has 21 heavy (non-hydrogen) atoms. The van der Waals surface area contributed by atoms with Crippen LogP contribution < -0.4 is 10.6 Å². The summed E-state index contributed by atoms with van der Waals surface area (Å²) in [6.07, 6.45) is 0. The number of carbonyl (C=O) groups excluding carboxylic acids is 1. The van der Waals surface area contributed by atoms with Crippen molar-refractivity contribution in [3.8, 4) is 0 Å². The van der Waals surface area contributed by atoms with E-state index in [0.29, 0.717) is 11.4 Å². The van der Waals surface area contributed by atoms with Crippen molar-refractivity contribution < 1.29 is 18.0 Å². The van der Waals surface area contributed by atoms with Gasteiger partial charge in [-0.2, -0.15) is 0 Å². The summed E-state index contributed by atoms with van der Waals surface area (Å²) in [4.78, 5) is 11.0. The van der Waals surface area contributed by atoms with Crippen molar-refractivity contribution in [2.75, 3.05) is 10.6 Å². The first kappa shape index (κ1) is 14.9. The summed E-state index contributed by atoms with van der Waals surface area (Å²) >= 11 is 0. The van der Waals surface area contributed by atoms with Gasteiger partial charge in [-0.05, 0) is 35.9 Å². The van der Waals surface area contributed by atoms with Crippen LogP contribution in [0.25, 0.3) is 0 Å². The number of hydrogen-bond donors (Lipinski definition) is 2. The lowest BCUT2D eigenvalue weighted by Crippen LogP contribution is -2.06. The van der Waals surface area contributed by atoms with E-state index in [1.807, 2.05) is 0 Å². The predicted molar refractivity (Wildman–Crippen MR) is 74.4 cm³/mol. The Hall–Kier alpha value is -2.50. The Bertz CT molecular complexity index is 651. The first-order valence-electron chi connectivity index (χ1n) is 6.20. The maximum Gasteiger partial charge on any atom is 0.221 e. The normalized spacial score (nSPS) is 10.3. The van der Waals surface area contributed by atoms with Crippen molar-refractivity contribution in [1.82, 2.24) is 0 Å². The second kappa shape index (κ2) is 6.30. The summed E-state index contributed by atoms with van der Waals surface area (Å²) in [5, 5.41) is 5.56. The van der Waals surface area contributed by atoms with E-state index in [1.54, 1.807) is 24.3 Å². The fraction of sp³-hybridized carbons (Fsp3) is 0.133. The molecule has 2 rings (SSSR count). The fourth-order valence-corrected chi connectivity index (χ4v) is 1.82. The van der Waals surface area contributed by atoms with E-state index in [1.165, 1.54) is 6.92 Å². The molecular weight excluding hydrogens is 281 g/mol. The van der Waals surface area contributed by atoms with Crippen LogP contribution >= 0.6 is 0 Å². The third kappa shape index (κ3) is 3.98. The molecule has 0 heterocycles. The van der Waals surface area contributed by atoms with Crippen LogP contribution in [0.4, 0.5) is 24.5 Å². The van der Waals surface area contributed by atoms with E-state index in [-0.39, 0.29) is 18.0 Å². The van der Waals surface area contributed by atoms with E-state index in [9.17, 15) is 18.0 Å². The molecule has 0 fully saturated rings. The number of anilines is 2. The largest absolute Gasteiger partial charge is 0.381 e.